The van der Waals surface area contributed by atoms with Gasteiger partial charge in [-0.15, -0.1) is 0 Å². The van der Waals surface area contributed by atoms with E-state index in [-0.39, 0.29) is 12.6 Å². The predicted octanol–water partition coefficient (Wildman–Crippen LogP) is 4.10. The summed E-state index contributed by atoms with van der Waals surface area (Å²) in [5.41, 5.74) is 3.74. The van der Waals surface area contributed by atoms with Gasteiger partial charge >= 0.3 is 11.8 Å². The minimum atomic E-state index is -0.741. The van der Waals surface area contributed by atoms with E-state index in [4.69, 9.17) is 16.0 Å². The summed E-state index contributed by atoms with van der Waals surface area (Å²) in [6.07, 6.45) is 2.54. The minimum absolute atomic E-state index is 0.214. The standard InChI is InChI=1S/C23H22ClN3O3/c1-15-8-9-17(13-18(15)24)26-23(29)22(28)25-14-20(21-7-4-12-30-21)27-11-10-16-5-2-3-6-19(16)27/h2-9,12-13,20H,10-11,14H2,1H3,(H,25,28)(H,26,29)/t20-/m1/s1. The summed E-state index contributed by atoms with van der Waals surface area (Å²) in [5.74, 6) is -0.719. The molecule has 0 saturated heterocycles. The minimum Gasteiger partial charge on any atom is -0.467 e. The zero-order chi connectivity index (χ0) is 21.1. The number of amides is 2. The van der Waals surface area contributed by atoms with Crippen LogP contribution in [-0.4, -0.2) is 24.9 Å². The summed E-state index contributed by atoms with van der Waals surface area (Å²) in [6, 6.07) is 16.8. The van der Waals surface area contributed by atoms with Gasteiger partial charge in [0.05, 0.1) is 6.26 Å². The molecule has 4 rings (SSSR count). The number of aryl methyl sites for hydroxylation is 1. The zero-order valence-electron chi connectivity index (χ0n) is 16.5. The third-order valence-electron chi connectivity index (χ3n) is 5.26. The number of halogens is 1. The van der Waals surface area contributed by atoms with Crippen molar-refractivity contribution in [3.63, 3.8) is 0 Å². The summed E-state index contributed by atoms with van der Waals surface area (Å²) in [7, 11) is 0. The number of furan rings is 1. The van der Waals surface area contributed by atoms with Crippen LogP contribution in [0.3, 0.4) is 0 Å². The second-order valence-electron chi connectivity index (χ2n) is 7.23. The third kappa shape index (κ3) is 4.19. The molecule has 154 valence electrons. The molecule has 3 aromatic rings. The van der Waals surface area contributed by atoms with Gasteiger partial charge in [-0.3, -0.25) is 9.59 Å². The van der Waals surface area contributed by atoms with E-state index < -0.39 is 11.8 Å². The number of carbonyl (C=O) groups is 2. The van der Waals surface area contributed by atoms with E-state index in [1.807, 2.05) is 31.2 Å². The fourth-order valence-corrected chi connectivity index (χ4v) is 3.84. The van der Waals surface area contributed by atoms with Gasteiger partial charge in [-0.1, -0.05) is 35.9 Å². The maximum atomic E-state index is 12.4. The average Bonchev–Trinajstić information content (AvgIpc) is 3.42. The monoisotopic (exact) mass is 423 g/mol. The van der Waals surface area contributed by atoms with Gasteiger partial charge in [0, 0.05) is 29.5 Å². The number of anilines is 2. The fraction of sp³-hybridized carbons (Fsp3) is 0.217. The Balaban J connectivity index is 1.44. The lowest BCUT2D eigenvalue weighted by Crippen LogP contribution is -2.41. The number of benzene rings is 2. The van der Waals surface area contributed by atoms with Gasteiger partial charge in [-0.2, -0.15) is 0 Å². The molecule has 7 heteroatoms. The quantitative estimate of drug-likeness (QED) is 0.606. The first kappa shape index (κ1) is 20.0. The maximum Gasteiger partial charge on any atom is 0.313 e. The van der Waals surface area contributed by atoms with Crippen molar-refractivity contribution in [1.82, 2.24) is 5.32 Å². The first-order valence-electron chi connectivity index (χ1n) is 9.76. The van der Waals surface area contributed by atoms with E-state index >= 15 is 0 Å². The van der Waals surface area contributed by atoms with Crippen LogP contribution in [0.1, 0.15) is 22.9 Å². The Bertz CT molecular complexity index is 1070. The molecule has 0 aliphatic carbocycles. The van der Waals surface area contributed by atoms with Crippen molar-refractivity contribution in [2.45, 2.75) is 19.4 Å². The Morgan fingerprint density at radius 3 is 2.73 bits per heavy atom. The summed E-state index contributed by atoms with van der Waals surface area (Å²) < 4.78 is 5.63. The van der Waals surface area contributed by atoms with Crippen molar-refractivity contribution < 1.29 is 14.0 Å². The molecule has 30 heavy (non-hydrogen) atoms. The van der Waals surface area contributed by atoms with Crippen LogP contribution < -0.4 is 15.5 Å². The largest absolute Gasteiger partial charge is 0.467 e. The molecule has 2 heterocycles. The fourth-order valence-electron chi connectivity index (χ4n) is 3.66. The molecule has 0 fully saturated rings. The highest BCUT2D eigenvalue weighted by Gasteiger charge is 2.29. The molecule has 2 aromatic carbocycles. The molecule has 2 amide bonds. The van der Waals surface area contributed by atoms with Crippen molar-refractivity contribution in [1.29, 1.82) is 0 Å². The van der Waals surface area contributed by atoms with Crippen LogP contribution in [-0.2, 0) is 16.0 Å². The average molecular weight is 424 g/mol. The zero-order valence-corrected chi connectivity index (χ0v) is 17.3. The van der Waals surface area contributed by atoms with Gasteiger partial charge in [0.25, 0.3) is 0 Å². The van der Waals surface area contributed by atoms with E-state index in [9.17, 15) is 9.59 Å². The number of nitrogens with one attached hydrogen (secondary N) is 2. The van der Waals surface area contributed by atoms with E-state index in [2.05, 4.69) is 27.7 Å². The van der Waals surface area contributed by atoms with Crippen molar-refractivity contribution in [2.24, 2.45) is 0 Å². The van der Waals surface area contributed by atoms with Gasteiger partial charge in [-0.05, 0) is 54.8 Å². The second-order valence-corrected chi connectivity index (χ2v) is 7.64. The Labute approximate surface area is 179 Å². The molecule has 0 unspecified atom stereocenters. The van der Waals surface area contributed by atoms with Crippen LogP contribution >= 0.6 is 11.6 Å². The highest BCUT2D eigenvalue weighted by molar-refractivity contribution is 6.39. The molecule has 1 aromatic heterocycles. The Hall–Kier alpha value is -3.25. The first-order valence-corrected chi connectivity index (χ1v) is 10.1. The van der Waals surface area contributed by atoms with E-state index in [1.54, 1.807) is 24.5 Å². The van der Waals surface area contributed by atoms with E-state index in [1.165, 1.54) is 5.56 Å². The lowest BCUT2D eigenvalue weighted by molar-refractivity contribution is -0.136. The highest BCUT2D eigenvalue weighted by Crippen LogP contribution is 2.34. The summed E-state index contributed by atoms with van der Waals surface area (Å²) >= 11 is 6.08. The summed E-state index contributed by atoms with van der Waals surface area (Å²) in [4.78, 5) is 27.0. The Morgan fingerprint density at radius 1 is 1.13 bits per heavy atom. The Kier molecular flexibility index (Phi) is 5.77. The SMILES string of the molecule is Cc1ccc(NC(=O)C(=O)NC[C@H](c2ccco2)N2CCc3ccccc32)cc1Cl. The molecule has 0 saturated carbocycles. The normalized spacial score (nSPS) is 13.6. The number of carbonyl (C=O) groups excluding carboxylic acids is 2. The molecule has 1 aliphatic rings. The van der Waals surface area contributed by atoms with Crippen molar-refractivity contribution in [3.05, 3.63) is 82.8 Å². The number of rotatable bonds is 5. The van der Waals surface area contributed by atoms with Crippen LogP contribution in [0, 0.1) is 6.92 Å². The smallest absolute Gasteiger partial charge is 0.313 e. The molecular formula is C23H22ClN3O3. The Morgan fingerprint density at radius 2 is 1.97 bits per heavy atom. The molecule has 6 nitrogen and oxygen atoms in total. The lowest BCUT2D eigenvalue weighted by atomic mass is 10.1. The van der Waals surface area contributed by atoms with Gasteiger partial charge < -0.3 is 20.0 Å². The topological polar surface area (TPSA) is 74.6 Å². The van der Waals surface area contributed by atoms with E-state index in [0.717, 1.165) is 30.0 Å². The van der Waals surface area contributed by atoms with Crippen molar-refractivity contribution in [2.75, 3.05) is 23.3 Å². The van der Waals surface area contributed by atoms with Gasteiger partial charge in [0.1, 0.15) is 11.8 Å². The number of fused-ring (bicyclic) bond motifs is 1. The molecular weight excluding hydrogens is 402 g/mol. The first-order chi connectivity index (χ1) is 14.5. The van der Waals surface area contributed by atoms with Gasteiger partial charge in [0.2, 0.25) is 0 Å². The third-order valence-corrected chi connectivity index (χ3v) is 5.67. The van der Waals surface area contributed by atoms with Gasteiger partial charge in [-0.25, -0.2) is 0 Å². The van der Waals surface area contributed by atoms with Crippen molar-refractivity contribution in [3.8, 4) is 0 Å². The summed E-state index contributed by atoms with van der Waals surface area (Å²) in [6.45, 7) is 2.92. The molecule has 0 radical (unpaired) electrons. The summed E-state index contributed by atoms with van der Waals surface area (Å²) in [5, 5.41) is 5.85. The van der Waals surface area contributed by atoms with E-state index in [0.29, 0.717) is 10.7 Å². The number of hydrogen-bond acceptors (Lipinski definition) is 4. The molecule has 0 spiro atoms. The molecule has 1 atom stereocenters. The van der Waals surface area contributed by atoms with Crippen LogP contribution in [0.15, 0.2) is 65.3 Å². The molecule has 0 bridgehead atoms. The van der Waals surface area contributed by atoms with Crippen molar-refractivity contribution >= 4 is 34.8 Å². The second kappa shape index (κ2) is 8.63. The number of para-hydroxylation sites is 1. The highest BCUT2D eigenvalue weighted by atomic mass is 35.5. The van der Waals surface area contributed by atoms with Crippen LogP contribution in [0.2, 0.25) is 5.02 Å². The van der Waals surface area contributed by atoms with Crippen LogP contribution in [0.25, 0.3) is 0 Å². The maximum absolute atomic E-state index is 12.4. The number of nitrogens with zero attached hydrogens (tertiary/aromatic N) is 1. The molecule has 2 N–H and O–H groups in total. The predicted molar refractivity (Wildman–Crippen MR) is 117 cm³/mol. The van der Waals surface area contributed by atoms with Crippen LogP contribution in [0.4, 0.5) is 11.4 Å². The van der Waals surface area contributed by atoms with Crippen LogP contribution in [0.5, 0.6) is 0 Å². The number of hydrogen-bond donors (Lipinski definition) is 2. The lowest BCUT2D eigenvalue weighted by Gasteiger charge is -2.29. The van der Waals surface area contributed by atoms with Gasteiger partial charge in [0.15, 0.2) is 0 Å². The molecule has 1 aliphatic heterocycles.